The van der Waals surface area contributed by atoms with Gasteiger partial charge in [0.05, 0.1) is 12.8 Å². The summed E-state index contributed by atoms with van der Waals surface area (Å²) in [6.07, 6.45) is 8.24. The maximum absolute atomic E-state index is 12.2. The molecular weight excluding hydrogens is 280 g/mol. The highest BCUT2D eigenvalue weighted by molar-refractivity contribution is 6.05. The Bertz CT molecular complexity index is 331. The Morgan fingerprint density at radius 1 is 0.773 bits per heavy atom. The third kappa shape index (κ3) is 11.3. The highest BCUT2D eigenvalue weighted by Gasteiger charge is 2.17. The van der Waals surface area contributed by atoms with Gasteiger partial charge in [-0.1, -0.05) is 52.4 Å². The van der Waals surface area contributed by atoms with E-state index in [0.29, 0.717) is 13.1 Å². The number of carbonyl (C=O) groups is 3. The molecule has 0 bridgehead atoms. The van der Waals surface area contributed by atoms with E-state index in [4.69, 9.17) is 5.73 Å². The first-order valence-corrected chi connectivity index (χ1v) is 8.59. The number of rotatable bonds is 14. The Balaban J connectivity index is 4.30. The third-order valence-corrected chi connectivity index (χ3v) is 3.64. The monoisotopic (exact) mass is 312 g/mol. The minimum absolute atomic E-state index is 0.167. The van der Waals surface area contributed by atoms with E-state index in [1.54, 1.807) is 4.90 Å². The van der Waals surface area contributed by atoms with E-state index in [-0.39, 0.29) is 24.5 Å². The predicted molar refractivity (Wildman–Crippen MR) is 88.3 cm³/mol. The quantitative estimate of drug-likeness (QED) is 0.395. The number of nitrogens with zero attached hydrogens (tertiary/aromatic N) is 1. The summed E-state index contributed by atoms with van der Waals surface area (Å²) in [5.41, 5.74) is 4.99. The molecule has 0 aromatic heterocycles. The Morgan fingerprint density at radius 2 is 1.27 bits per heavy atom. The number of unbranched alkanes of at least 4 members (excludes halogenated alkanes) is 6. The van der Waals surface area contributed by atoms with Gasteiger partial charge in [-0.15, -0.1) is 0 Å². The largest absolute Gasteiger partial charge is 0.369 e. The number of nitrogens with two attached hydrogens (primary N) is 1. The molecule has 0 rings (SSSR count). The summed E-state index contributed by atoms with van der Waals surface area (Å²) in [4.78, 5) is 36.3. The van der Waals surface area contributed by atoms with Crippen LogP contribution < -0.4 is 5.73 Å². The summed E-state index contributed by atoms with van der Waals surface area (Å²) in [6, 6.07) is 0. The summed E-state index contributed by atoms with van der Waals surface area (Å²) in [5, 5.41) is 0. The van der Waals surface area contributed by atoms with Crippen molar-refractivity contribution in [2.45, 2.75) is 78.1 Å². The lowest BCUT2D eigenvalue weighted by Gasteiger charge is -2.22. The fourth-order valence-electron chi connectivity index (χ4n) is 2.36. The van der Waals surface area contributed by atoms with Crippen LogP contribution in [0.4, 0.5) is 0 Å². The molecule has 0 aromatic rings. The average molecular weight is 312 g/mol. The van der Waals surface area contributed by atoms with E-state index >= 15 is 0 Å². The molecule has 22 heavy (non-hydrogen) atoms. The number of carbonyl (C=O) groups excluding carboxylic acids is 3. The topological polar surface area (TPSA) is 80.5 Å². The standard InChI is InChI=1S/C17H32N2O3/c1-3-5-7-9-11-19(12-10-8-6-4-2)17(22)14-15(20)13-16(18)21/h3-14H2,1-2H3,(H2,18,21). The Hall–Kier alpha value is -1.39. The summed E-state index contributed by atoms with van der Waals surface area (Å²) >= 11 is 0. The van der Waals surface area contributed by atoms with Crippen LogP contribution in [0.1, 0.15) is 78.1 Å². The molecule has 0 heterocycles. The van der Waals surface area contributed by atoms with Crippen molar-refractivity contribution in [1.29, 1.82) is 0 Å². The second-order valence-electron chi connectivity index (χ2n) is 5.86. The van der Waals surface area contributed by atoms with Gasteiger partial charge in [0.15, 0.2) is 5.78 Å². The highest BCUT2D eigenvalue weighted by atomic mass is 16.2. The number of ketones is 1. The van der Waals surface area contributed by atoms with Crippen LogP contribution in [-0.2, 0) is 14.4 Å². The van der Waals surface area contributed by atoms with E-state index < -0.39 is 5.91 Å². The van der Waals surface area contributed by atoms with Gasteiger partial charge in [-0.05, 0) is 12.8 Å². The third-order valence-electron chi connectivity index (χ3n) is 3.64. The van der Waals surface area contributed by atoms with Crippen molar-refractivity contribution in [3.63, 3.8) is 0 Å². The van der Waals surface area contributed by atoms with Crippen molar-refractivity contribution >= 4 is 17.6 Å². The van der Waals surface area contributed by atoms with Crippen molar-refractivity contribution in [3.05, 3.63) is 0 Å². The summed E-state index contributed by atoms with van der Waals surface area (Å²) in [5.74, 6) is -1.22. The van der Waals surface area contributed by atoms with Crippen LogP contribution in [0.3, 0.4) is 0 Å². The van der Waals surface area contributed by atoms with Gasteiger partial charge in [0, 0.05) is 13.1 Å². The number of primary amides is 1. The molecule has 5 heteroatoms. The molecule has 2 N–H and O–H groups in total. The van der Waals surface area contributed by atoms with Gasteiger partial charge in [0.1, 0.15) is 0 Å². The van der Waals surface area contributed by atoms with E-state index in [0.717, 1.165) is 38.5 Å². The number of Topliss-reactive ketones (excluding diaryl/α,β-unsaturated/α-hetero) is 1. The van der Waals surface area contributed by atoms with Gasteiger partial charge in [0.2, 0.25) is 11.8 Å². The zero-order chi connectivity index (χ0) is 16.8. The zero-order valence-electron chi connectivity index (χ0n) is 14.2. The molecule has 0 aromatic carbocycles. The fourth-order valence-corrected chi connectivity index (χ4v) is 2.36. The van der Waals surface area contributed by atoms with Crippen molar-refractivity contribution < 1.29 is 14.4 Å². The van der Waals surface area contributed by atoms with Gasteiger partial charge in [-0.3, -0.25) is 14.4 Å². The summed E-state index contributed by atoms with van der Waals surface area (Å²) in [6.45, 7) is 5.70. The molecule has 2 amide bonds. The highest BCUT2D eigenvalue weighted by Crippen LogP contribution is 2.07. The van der Waals surface area contributed by atoms with E-state index in [2.05, 4.69) is 13.8 Å². The molecule has 0 aliphatic heterocycles. The molecule has 0 spiro atoms. The first-order chi connectivity index (χ1) is 10.5. The van der Waals surface area contributed by atoms with Crippen molar-refractivity contribution in [3.8, 4) is 0 Å². The molecule has 0 radical (unpaired) electrons. The molecule has 128 valence electrons. The maximum Gasteiger partial charge on any atom is 0.230 e. The van der Waals surface area contributed by atoms with Crippen molar-refractivity contribution in [1.82, 2.24) is 4.90 Å². The average Bonchev–Trinajstić information content (AvgIpc) is 2.44. The minimum atomic E-state index is -0.671. The lowest BCUT2D eigenvalue weighted by Crippen LogP contribution is -2.35. The van der Waals surface area contributed by atoms with Gasteiger partial charge < -0.3 is 10.6 Å². The molecule has 0 unspecified atom stereocenters. The van der Waals surface area contributed by atoms with Crippen LogP contribution in [0.15, 0.2) is 0 Å². The predicted octanol–water partition coefficient (Wildman–Crippen LogP) is 2.81. The first kappa shape index (κ1) is 20.6. The number of hydrogen-bond donors (Lipinski definition) is 1. The Kier molecular flexibility index (Phi) is 12.4. The van der Waals surface area contributed by atoms with E-state index in [9.17, 15) is 14.4 Å². The van der Waals surface area contributed by atoms with Crippen LogP contribution in [0, 0.1) is 0 Å². The van der Waals surface area contributed by atoms with Gasteiger partial charge in [-0.2, -0.15) is 0 Å². The minimum Gasteiger partial charge on any atom is -0.369 e. The Morgan fingerprint density at radius 3 is 1.68 bits per heavy atom. The Labute approximate surface area is 134 Å². The molecule has 0 aliphatic carbocycles. The van der Waals surface area contributed by atoms with E-state index in [1.165, 1.54) is 12.8 Å². The molecule has 0 atom stereocenters. The molecular formula is C17H32N2O3. The fraction of sp³-hybridized carbons (Fsp3) is 0.824. The zero-order valence-corrected chi connectivity index (χ0v) is 14.2. The smallest absolute Gasteiger partial charge is 0.230 e. The van der Waals surface area contributed by atoms with Crippen molar-refractivity contribution in [2.24, 2.45) is 5.73 Å². The van der Waals surface area contributed by atoms with Crippen LogP contribution in [0.25, 0.3) is 0 Å². The molecule has 5 nitrogen and oxygen atoms in total. The van der Waals surface area contributed by atoms with E-state index in [1.807, 2.05) is 0 Å². The second kappa shape index (κ2) is 13.3. The summed E-state index contributed by atoms with van der Waals surface area (Å²) < 4.78 is 0. The molecule has 0 fully saturated rings. The van der Waals surface area contributed by atoms with Crippen LogP contribution in [-0.4, -0.2) is 35.6 Å². The lowest BCUT2D eigenvalue weighted by atomic mass is 10.1. The summed E-state index contributed by atoms with van der Waals surface area (Å²) in [7, 11) is 0. The maximum atomic E-state index is 12.2. The van der Waals surface area contributed by atoms with Crippen LogP contribution in [0.5, 0.6) is 0 Å². The van der Waals surface area contributed by atoms with Crippen LogP contribution in [0.2, 0.25) is 0 Å². The number of amides is 2. The van der Waals surface area contributed by atoms with Crippen LogP contribution >= 0.6 is 0 Å². The molecule has 0 saturated carbocycles. The van der Waals surface area contributed by atoms with Crippen molar-refractivity contribution in [2.75, 3.05) is 13.1 Å². The lowest BCUT2D eigenvalue weighted by molar-refractivity contribution is -0.136. The van der Waals surface area contributed by atoms with Gasteiger partial charge >= 0.3 is 0 Å². The number of hydrogen-bond acceptors (Lipinski definition) is 3. The van der Waals surface area contributed by atoms with Gasteiger partial charge in [-0.25, -0.2) is 0 Å². The van der Waals surface area contributed by atoms with Gasteiger partial charge in [0.25, 0.3) is 0 Å². The normalized spacial score (nSPS) is 10.5. The molecule has 0 aliphatic rings. The second-order valence-corrected chi connectivity index (χ2v) is 5.86. The molecule has 0 saturated heterocycles. The first-order valence-electron chi connectivity index (χ1n) is 8.59. The SMILES string of the molecule is CCCCCCN(CCCCCC)C(=O)CC(=O)CC(N)=O.